The van der Waals surface area contributed by atoms with Crippen molar-refractivity contribution < 1.29 is 14.0 Å². The molecule has 1 atom stereocenters. The zero-order valence-corrected chi connectivity index (χ0v) is 19.3. The van der Waals surface area contributed by atoms with E-state index in [2.05, 4.69) is 5.32 Å². The molecule has 0 saturated heterocycles. The molecule has 172 valence electrons. The summed E-state index contributed by atoms with van der Waals surface area (Å²) in [5, 5.41) is 2.86. The minimum Gasteiger partial charge on any atom is -0.355 e. The standard InChI is InChI=1S/C28H31FN2O2/c1-3-30-28(33)26(19-23-9-5-4-6-10-23)31(20-24-11-7-8-12-25(24)29)27(32)18-17-22-15-13-21(2)14-16-22/h4-16,26H,3,17-20H2,1-2H3,(H,30,33)/t26-/m1/s1. The Hall–Kier alpha value is -3.47. The van der Waals surface area contributed by atoms with E-state index in [1.165, 1.54) is 11.0 Å². The lowest BCUT2D eigenvalue weighted by Gasteiger charge is -2.31. The van der Waals surface area contributed by atoms with E-state index in [0.29, 0.717) is 24.9 Å². The van der Waals surface area contributed by atoms with E-state index in [9.17, 15) is 14.0 Å². The third kappa shape index (κ3) is 7.01. The van der Waals surface area contributed by atoms with Gasteiger partial charge in [-0.25, -0.2) is 4.39 Å². The Morgan fingerprint density at radius 1 is 0.909 bits per heavy atom. The lowest BCUT2D eigenvalue weighted by molar-refractivity contribution is -0.141. The molecule has 0 aliphatic carbocycles. The molecule has 0 aliphatic rings. The second-order valence-corrected chi connectivity index (χ2v) is 8.20. The van der Waals surface area contributed by atoms with Gasteiger partial charge in [0, 0.05) is 31.5 Å². The number of likely N-dealkylation sites (N-methyl/N-ethyl adjacent to an activating group) is 1. The first-order valence-corrected chi connectivity index (χ1v) is 11.4. The zero-order valence-electron chi connectivity index (χ0n) is 19.3. The van der Waals surface area contributed by atoms with Gasteiger partial charge in [-0.2, -0.15) is 0 Å². The van der Waals surface area contributed by atoms with Gasteiger partial charge in [-0.3, -0.25) is 9.59 Å². The van der Waals surface area contributed by atoms with Crippen LogP contribution in [0.5, 0.6) is 0 Å². The monoisotopic (exact) mass is 446 g/mol. The molecule has 0 spiro atoms. The Bertz CT molecular complexity index is 1050. The Labute approximate surface area is 195 Å². The molecule has 3 aromatic rings. The van der Waals surface area contributed by atoms with Crippen molar-refractivity contribution >= 4 is 11.8 Å². The molecule has 0 heterocycles. The summed E-state index contributed by atoms with van der Waals surface area (Å²) in [4.78, 5) is 28.1. The molecule has 3 rings (SSSR count). The Balaban J connectivity index is 1.89. The number of carbonyl (C=O) groups is 2. The van der Waals surface area contributed by atoms with Crippen LogP contribution in [0.2, 0.25) is 0 Å². The summed E-state index contributed by atoms with van der Waals surface area (Å²) in [6.07, 6.45) is 1.15. The van der Waals surface area contributed by atoms with Crippen LogP contribution in [0.15, 0.2) is 78.9 Å². The number of nitrogens with one attached hydrogen (secondary N) is 1. The lowest BCUT2D eigenvalue weighted by atomic mass is 10.0. The molecule has 5 heteroatoms. The number of nitrogens with zero attached hydrogens (tertiary/aromatic N) is 1. The third-order valence-corrected chi connectivity index (χ3v) is 5.67. The number of amides is 2. The molecule has 0 aliphatic heterocycles. The van der Waals surface area contributed by atoms with E-state index in [1.54, 1.807) is 18.2 Å². The van der Waals surface area contributed by atoms with Crippen LogP contribution in [-0.4, -0.2) is 29.3 Å². The van der Waals surface area contributed by atoms with E-state index in [1.807, 2.05) is 68.4 Å². The summed E-state index contributed by atoms with van der Waals surface area (Å²) >= 11 is 0. The second-order valence-electron chi connectivity index (χ2n) is 8.20. The van der Waals surface area contributed by atoms with Crippen LogP contribution in [0.3, 0.4) is 0 Å². The smallest absolute Gasteiger partial charge is 0.243 e. The number of rotatable bonds is 10. The van der Waals surface area contributed by atoms with Crippen molar-refractivity contribution in [3.8, 4) is 0 Å². The number of hydrogen-bond donors (Lipinski definition) is 1. The van der Waals surface area contributed by atoms with Crippen LogP contribution in [0.1, 0.15) is 35.6 Å². The summed E-state index contributed by atoms with van der Waals surface area (Å²) in [5.41, 5.74) is 3.55. The van der Waals surface area contributed by atoms with Crippen LogP contribution in [-0.2, 0) is 29.0 Å². The number of halogens is 1. The number of carbonyl (C=O) groups excluding carboxylic acids is 2. The Morgan fingerprint density at radius 2 is 1.58 bits per heavy atom. The largest absolute Gasteiger partial charge is 0.355 e. The van der Waals surface area contributed by atoms with Crippen molar-refractivity contribution in [1.82, 2.24) is 10.2 Å². The SMILES string of the molecule is CCNC(=O)[C@@H](Cc1ccccc1)N(Cc1ccccc1F)C(=O)CCc1ccc(C)cc1. The fourth-order valence-electron chi connectivity index (χ4n) is 3.81. The van der Waals surface area contributed by atoms with Gasteiger partial charge in [0.2, 0.25) is 11.8 Å². The highest BCUT2D eigenvalue weighted by Crippen LogP contribution is 2.18. The first kappa shape index (κ1) is 24.2. The molecule has 0 radical (unpaired) electrons. The lowest BCUT2D eigenvalue weighted by Crippen LogP contribution is -2.50. The van der Waals surface area contributed by atoms with Crippen molar-refractivity contribution in [2.45, 2.75) is 45.7 Å². The summed E-state index contributed by atoms with van der Waals surface area (Å²) in [7, 11) is 0. The molecule has 0 aromatic heterocycles. The predicted octanol–water partition coefficient (Wildman–Crippen LogP) is 4.84. The fourth-order valence-corrected chi connectivity index (χ4v) is 3.81. The van der Waals surface area contributed by atoms with Crippen LogP contribution < -0.4 is 5.32 Å². The predicted molar refractivity (Wildman–Crippen MR) is 129 cm³/mol. The van der Waals surface area contributed by atoms with E-state index in [0.717, 1.165) is 16.7 Å². The third-order valence-electron chi connectivity index (χ3n) is 5.67. The first-order chi connectivity index (χ1) is 16.0. The van der Waals surface area contributed by atoms with Gasteiger partial charge in [-0.05, 0) is 37.5 Å². The summed E-state index contributed by atoms with van der Waals surface area (Å²) in [6.45, 7) is 4.35. The van der Waals surface area contributed by atoms with E-state index < -0.39 is 6.04 Å². The molecule has 2 amide bonds. The minimum atomic E-state index is -0.738. The second kappa shape index (κ2) is 12.0. The topological polar surface area (TPSA) is 49.4 Å². The van der Waals surface area contributed by atoms with Crippen LogP contribution in [0, 0.1) is 12.7 Å². The van der Waals surface area contributed by atoms with Crippen molar-refractivity contribution in [3.63, 3.8) is 0 Å². The Kier molecular flexibility index (Phi) is 8.76. The molecule has 0 bridgehead atoms. The van der Waals surface area contributed by atoms with Crippen molar-refractivity contribution in [3.05, 3.63) is 107 Å². The highest BCUT2D eigenvalue weighted by molar-refractivity contribution is 5.88. The van der Waals surface area contributed by atoms with Gasteiger partial charge in [0.1, 0.15) is 11.9 Å². The van der Waals surface area contributed by atoms with Gasteiger partial charge in [-0.1, -0.05) is 78.4 Å². The van der Waals surface area contributed by atoms with Crippen LogP contribution >= 0.6 is 0 Å². The maximum absolute atomic E-state index is 14.5. The molecule has 1 N–H and O–H groups in total. The Morgan fingerprint density at radius 3 is 2.24 bits per heavy atom. The highest BCUT2D eigenvalue weighted by Gasteiger charge is 2.30. The fraction of sp³-hybridized carbons (Fsp3) is 0.286. The number of aryl methyl sites for hydroxylation is 2. The van der Waals surface area contributed by atoms with E-state index in [-0.39, 0.29) is 30.6 Å². The van der Waals surface area contributed by atoms with Crippen molar-refractivity contribution in [2.24, 2.45) is 0 Å². The van der Waals surface area contributed by atoms with Crippen LogP contribution in [0.4, 0.5) is 4.39 Å². The van der Waals surface area contributed by atoms with Crippen molar-refractivity contribution in [1.29, 1.82) is 0 Å². The molecule has 4 nitrogen and oxygen atoms in total. The van der Waals surface area contributed by atoms with Gasteiger partial charge in [0.25, 0.3) is 0 Å². The normalized spacial score (nSPS) is 11.6. The molecular formula is C28H31FN2O2. The van der Waals surface area contributed by atoms with E-state index in [4.69, 9.17) is 0 Å². The van der Waals surface area contributed by atoms with Gasteiger partial charge in [-0.15, -0.1) is 0 Å². The van der Waals surface area contributed by atoms with Gasteiger partial charge < -0.3 is 10.2 Å². The summed E-state index contributed by atoms with van der Waals surface area (Å²) < 4.78 is 14.5. The average molecular weight is 447 g/mol. The molecule has 0 unspecified atom stereocenters. The number of benzene rings is 3. The van der Waals surface area contributed by atoms with Crippen molar-refractivity contribution in [2.75, 3.05) is 6.54 Å². The molecule has 0 fully saturated rings. The highest BCUT2D eigenvalue weighted by atomic mass is 19.1. The summed E-state index contributed by atoms with van der Waals surface area (Å²) in [6, 6.07) is 23.3. The minimum absolute atomic E-state index is 0.0358. The molecular weight excluding hydrogens is 415 g/mol. The average Bonchev–Trinajstić information content (AvgIpc) is 2.82. The maximum Gasteiger partial charge on any atom is 0.243 e. The molecule has 3 aromatic carbocycles. The van der Waals surface area contributed by atoms with Crippen LogP contribution in [0.25, 0.3) is 0 Å². The van der Waals surface area contributed by atoms with Gasteiger partial charge >= 0.3 is 0 Å². The molecule has 33 heavy (non-hydrogen) atoms. The number of hydrogen-bond acceptors (Lipinski definition) is 2. The molecule has 0 saturated carbocycles. The maximum atomic E-state index is 14.5. The van der Waals surface area contributed by atoms with Gasteiger partial charge in [0.15, 0.2) is 0 Å². The quantitative estimate of drug-likeness (QED) is 0.484. The van der Waals surface area contributed by atoms with E-state index >= 15 is 0 Å². The first-order valence-electron chi connectivity index (χ1n) is 11.4. The summed E-state index contributed by atoms with van der Waals surface area (Å²) in [5.74, 6) is -0.796. The zero-order chi connectivity index (χ0) is 23.6. The van der Waals surface area contributed by atoms with Gasteiger partial charge in [0.05, 0.1) is 0 Å².